The number of benzene rings is 2. The summed E-state index contributed by atoms with van der Waals surface area (Å²) in [5.41, 5.74) is 2.45. The second-order valence-corrected chi connectivity index (χ2v) is 6.13. The molecule has 0 spiro atoms. The molecule has 4 aromatic rings. The number of fused-ring (bicyclic) bond motifs is 3. The Balaban J connectivity index is 1.75. The first-order valence-corrected chi connectivity index (χ1v) is 8.22. The summed E-state index contributed by atoms with van der Waals surface area (Å²) in [6, 6.07) is 14.5. The molecule has 0 fully saturated rings. The molecule has 5 rings (SSSR count). The van der Waals surface area contributed by atoms with Crippen LogP contribution in [0.5, 0.6) is 0 Å². The molecule has 27 heavy (non-hydrogen) atoms. The minimum atomic E-state index is -0.432. The fraction of sp³-hybridized carbons (Fsp3) is 0. The van der Waals surface area contributed by atoms with Crippen LogP contribution in [0.1, 0.15) is 20.7 Å². The van der Waals surface area contributed by atoms with Gasteiger partial charge in [-0.1, -0.05) is 18.2 Å². The summed E-state index contributed by atoms with van der Waals surface area (Å²) in [5, 5.41) is 7.45. The van der Waals surface area contributed by atoms with Gasteiger partial charge in [0.2, 0.25) is 0 Å². The number of rotatable bonds is 2. The van der Waals surface area contributed by atoms with Gasteiger partial charge in [-0.15, -0.1) is 0 Å². The number of pyridine rings is 1. The fourth-order valence-electron chi connectivity index (χ4n) is 3.33. The van der Waals surface area contributed by atoms with Gasteiger partial charge in [0.05, 0.1) is 27.9 Å². The Morgan fingerprint density at radius 2 is 1.67 bits per heavy atom. The highest BCUT2D eigenvalue weighted by molar-refractivity contribution is 6.38. The van der Waals surface area contributed by atoms with Crippen LogP contribution in [-0.4, -0.2) is 27.0 Å². The van der Waals surface area contributed by atoms with Crippen molar-refractivity contribution in [1.82, 2.24) is 15.2 Å². The van der Waals surface area contributed by atoms with Crippen LogP contribution < -0.4 is 4.90 Å². The Kier molecular flexibility index (Phi) is 3.17. The van der Waals surface area contributed by atoms with Crippen LogP contribution in [0.2, 0.25) is 0 Å². The molecule has 0 aliphatic carbocycles. The molecule has 0 atom stereocenters. The second kappa shape index (κ2) is 5.57. The van der Waals surface area contributed by atoms with Gasteiger partial charge in [-0.2, -0.15) is 5.10 Å². The van der Waals surface area contributed by atoms with E-state index in [1.807, 2.05) is 6.07 Å². The molecule has 2 amide bonds. The third-order valence-corrected chi connectivity index (χ3v) is 4.58. The van der Waals surface area contributed by atoms with Gasteiger partial charge < -0.3 is 0 Å². The normalized spacial score (nSPS) is 13.4. The van der Waals surface area contributed by atoms with Gasteiger partial charge >= 0.3 is 0 Å². The first kappa shape index (κ1) is 15.4. The molecule has 0 radical (unpaired) electrons. The van der Waals surface area contributed by atoms with Crippen molar-refractivity contribution in [3.05, 3.63) is 77.7 Å². The van der Waals surface area contributed by atoms with Gasteiger partial charge in [-0.25, -0.2) is 14.3 Å². The maximum Gasteiger partial charge on any atom is 0.267 e. The Morgan fingerprint density at radius 3 is 2.41 bits per heavy atom. The number of carbonyl (C=O) groups is 2. The number of carbonyl (C=O) groups excluding carboxylic acids is 2. The number of hydrogen-bond donors (Lipinski definition) is 1. The molecule has 0 bridgehead atoms. The zero-order valence-corrected chi connectivity index (χ0v) is 13.8. The molecule has 0 saturated heterocycles. The van der Waals surface area contributed by atoms with Crippen LogP contribution in [-0.2, 0) is 0 Å². The molecule has 0 saturated carbocycles. The number of aromatic nitrogens is 3. The van der Waals surface area contributed by atoms with E-state index in [4.69, 9.17) is 0 Å². The number of H-pyrrole nitrogens is 1. The molecule has 3 heterocycles. The van der Waals surface area contributed by atoms with Crippen LogP contribution in [0.15, 0.2) is 60.8 Å². The number of nitrogens with zero attached hydrogens (tertiary/aromatic N) is 3. The lowest BCUT2D eigenvalue weighted by Crippen LogP contribution is -2.29. The molecule has 1 aliphatic heterocycles. The van der Waals surface area contributed by atoms with Crippen LogP contribution in [0.3, 0.4) is 0 Å². The van der Waals surface area contributed by atoms with Gasteiger partial charge in [0, 0.05) is 11.8 Å². The van der Waals surface area contributed by atoms with E-state index >= 15 is 0 Å². The number of nitrogens with one attached hydrogen (secondary N) is 1. The van der Waals surface area contributed by atoms with Crippen LogP contribution in [0.25, 0.3) is 22.3 Å². The molecular formula is C20H11FN4O2. The lowest BCUT2D eigenvalue weighted by Gasteiger charge is -2.13. The van der Waals surface area contributed by atoms with Crippen molar-refractivity contribution in [3.8, 4) is 11.3 Å². The summed E-state index contributed by atoms with van der Waals surface area (Å²) in [7, 11) is 0. The molecule has 6 nitrogen and oxygen atoms in total. The van der Waals surface area contributed by atoms with E-state index in [9.17, 15) is 14.0 Å². The van der Waals surface area contributed by atoms with Crippen LogP contribution in [0, 0.1) is 5.82 Å². The highest BCUT2D eigenvalue weighted by atomic mass is 19.1. The first-order chi connectivity index (χ1) is 13.1. The Morgan fingerprint density at radius 1 is 0.926 bits per heavy atom. The number of hydrogen-bond acceptors (Lipinski definition) is 4. The van der Waals surface area contributed by atoms with Crippen molar-refractivity contribution in [2.75, 3.05) is 4.90 Å². The molecule has 2 aromatic heterocycles. The fourth-order valence-corrected chi connectivity index (χ4v) is 3.33. The van der Waals surface area contributed by atoms with E-state index in [-0.39, 0.29) is 16.9 Å². The number of amides is 2. The monoisotopic (exact) mass is 358 g/mol. The van der Waals surface area contributed by atoms with E-state index in [0.29, 0.717) is 28.0 Å². The number of anilines is 1. The summed E-state index contributed by atoms with van der Waals surface area (Å²) < 4.78 is 13.3. The third-order valence-electron chi connectivity index (χ3n) is 4.58. The average molecular weight is 358 g/mol. The maximum absolute atomic E-state index is 13.3. The second-order valence-electron chi connectivity index (χ2n) is 6.13. The third kappa shape index (κ3) is 2.18. The molecule has 1 aliphatic rings. The van der Waals surface area contributed by atoms with E-state index in [2.05, 4.69) is 15.2 Å². The van der Waals surface area contributed by atoms with E-state index < -0.39 is 11.8 Å². The van der Waals surface area contributed by atoms with Gasteiger partial charge in [-0.05, 0) is 36.4 Å². The molecule has 2 aromatic carbocycles. The number of imide groups is 1. The predicted octanol–water partition coefficient (Wildman–Crippen LogP) is 3.56. The SMILES string of the molecule is O=C1c2cnc3n[nH]c(-c4ccc(F)cc4)c3c2C(=O)N1c1ccccc1. The molecule has 1 N–H and O–H groups in total. The largest absolute Gasteiger partial charge is 0.275 e. The standard InChI is InChI=1S/C20H11FN4O2/c21-12-8-6-11(7-9-12)17-16-15-14(10-22-18(16)24-23-17)19(26)25(20(15)27)13-4-2-1-3-5-13/h1-10H,(H,22,23,24). The van der Waals surface area contributed by atoms with Crippen LogP contribution >= 0.6 is 0 Å². The Labute approximate surface area is 152 Å². The highest BCUT2D eigenvalue weighted by Crippen LogP contribution is 2.36. The van der Waals surface area contributed by atoms with Crippen molar-refractivity contribution in [2.45, 2.75) is 0 Å². The zero-order chi connectivity index (χ0) is 18.5. The number of para-hydroxylation sites is 1. The van der Waals surface area contributed by atoms with E-state index in [1.165, 1.54) is 18.3 Å². The van der Waals surface area contributed by atoms with Gasteiger partial charge in [0.15, 0.2) is 5.65 Å². The molecular weight excluding hydrogens is 347 g/mol. The quantitative estimate of drug-likeness (QED) is 0.556. The summed E-state index contributed by atoms with van der Waals surface area (Å²) >= 11 is 0. The van der Waals surface area contributed by atoms with Gasteiger partial charge in [-0.3, -0.25) is 14.7 Å². The lowest BCUT2D eigenvalue weighted by atomic mass is 10.0. The Hall–Kier alpha value is -3.87. The first-order valence-electron chi connectivity index (χ1n) is 8.22. The van der Waals surface area contributed by atoms with Crippen molar-refractivity contribution in [3.63, 3.8) is 0 Å². The average Bonchev–Trinajstić information content (AvgIpc) is 3.22. The zero-order valence-electron chi connectivity index (χ0n) is 13.8. The van der Waals surface area contributed by atoms with Gasteiger partial charge in [0.25, 0.3) is 11.8 Å². The number of aromatic amines is 1. The number of halogens is 1. The minimum absolute atomic E-state index is 0.223. The van der Waals surface area contributed by atoms with Crippen LogP contribution in [0.4, 0.5) is 10.1 Å². The lowest BCUT2D eigenvalue weighted by molar-refractivity contribution is 0.0926. The highest BCUT2D eigenvalue weighted by Gasteiger charge is 2.39. The summed E-state index contributed by atoms with van der Waals surface area (Å²) in [5.74, 6) is -1.23. The van der Waals surface area contributed by atoms with Crippen molar-refractivity contribution in [2.24, 2.45) is 0 Å². The summed E-state index contributed by atoms with van der Waals surface area (Å²) in [6.07, 6.45) is 1.37. The van der Waals surface area contributed by atoms with Gasteiger partial charge in [0.1, 0.15) is 5.82 Å². The summed E-state index contributed by atoms with van der Waals surface area (Å²) in [4.78, 5) is 31.3. The van der Waals surface area contributed by atoms with Crippen molar-refractivity contribution in [1.29, 1.82) is 0 Å². The van der Waals surface area contributed by atoms with E-state index in [1.54, 1.807) is 36.4 Å². The Bertz CT molecular complexity index is 1220. The predicted molar refractivity (Wildman–Crippen MR) is 96.9 cm³/mol. The maximum atomic E-state index is 13.3. The topological polar surface area (TPSA) is 79.0 Å². The minimum Gasteiger partial charge on any atom is -0.275 e. The molecule has 7 heteroatoms. The molecule has 0 unspecified atom stereocenters. The van der Waals surface area contributed by atoms with Crippen molar-refractivity contribution >= 4 is 28.5 Å². The van der Waals surface area contributed by atoms with Crippen molar-refractivity contribution < 1.29 is 14.0 Å². The smallest absolute Gasteiger partial charge is 0.267 e. The summed E-state index contributed by atoms with van der Waals surface area (Å²) in [6.45, 7) is 0. The molecule has 130 valence electrons. The van der Waals surface area contributed by atoms with E-state index in [0.717, 1.165) is 4.90 Å².